The van der Waals surface area contributed by atoms with Gasteiger partial charge in [0, 0.05) is 57.2 Å². The lowest BCUT2D eigenvalue weighted by Gasteiger charge is -2.29. The van der Waals surface area contributed by atoms with Gasteiger partial charge in [-0.25, -0.2) is 14.8 Å². The maximum Gasteiger partial charge on any atom is 0.315 e. The lowest BCUT2D eigenvalue weighted by atomic mass is 10.2. The number of ether oxygens (including phenoxy) is 1. The highest BCUT2D eigenvalue weighted by Crippen LogP contribution is 2.19. The summed E-state index contributed by atoms with van der Waals surface area (Å²) < 4.78 is 5.41. The van der Waals surface area contributed by atoms with E-state index in [1.165, 1.54) is 12.8 Å². The van der Waals surface area contributed by atoms with Crippen molar-refractivity contribution in [3.05, 3.63) is 47.8 Å². The summed E-state index contributed by atoms with van der Waals surface area (Å²) in [5.74, 6) is 1.93. The van der Waals surface area contributed by atoms with E-state index in [1.807, 2.05) is 30.5 Å². The van der Waals surface area contributed by atoms with Crippen molar-refractivity contribution < 1.29 is 9.53 Å². The van der Waals surface area contributed by atoms with E-state index in [-0.39, 0.29) is 6.03 Å². The van der Waals surface area contributed by atoms with Crippen molar-refractivity contribution in [1.82, 2.24) is 20.6 Å². The molecule has 0 saturated carbocycles. The summed E-state index contributed by atoms with van der Waals surface area (Å²) in [6, 6.07) is 7.75. The Morgan fingerprint density at radius 2 is 1.76 bits per heavy atom. The summed E-state index contributed by atoms with van der Waals surface area (Å²) in [6.45, 7) is 6.07. The van der Waals surface area contributed by atoms with Crippen LogP contribution in [-0.4, -0.2) is 55.4 Å². The molecule has 2 aliphatic heterocycles. The molecule has 154 valence electrons. The first kappa shape index (κ1) is 19.4. The van der Waals surface area contributed by atoms with Crippen molar-refractivity contribution in [3.63, 3.8) is 0 Å². The number of hydrogen-bond donors (Lipinski definition) is 2. The summed E-state index contributed by atoms with van der Waals surface area (Å²) in [4.78, 5) is 25.8. The molecule has 0 bridgehead atoms. The van der Waals surface area contributed by atoms with Gasteiger partial charge in [0.05, 0.1) is 13.2 Å². The van der Waals surface area contributed by atoms with Gasteiger partial charge in [-0.05, 0) is 30.5 Å². The summed E-state index contributed by atoms with van der Waals surface area (Å²) >= 11 is 0. The molecule has 0 aromatic carbocycles. The number of carbonyl (C=O) groups is 1. The van der Waals surface area contributed by atoms with Gasteiger partial charge in [-0.1, -0.05) is 12.1 Å². The van der Waals surface area contributed by atoms with Gasteiger partial charge in [0.1, 0.15) is 11.6 Å². The molecule has 2 aromatic rings. The Labute approximate surface area is 171 Å². The second-order valence-corrected chi connectivity index (χ2v) is 7.34. The van der Waals surface area contributed by atoms with Crippen molar-refractivity contribution in [2.24, 2.45) is 0 Å². The molecular formula is C21H28N6O2. The molecule has 0 spiro atoms. The van der Waals surface area contributed by atoms with Gasteiger partial charge in [0.25, 0.3) is 0 Å². The average molecular weight is 396 g/mol. The summed E-state index contributed by atoms with van der Waals surface area (Å²) in [6.07, 6.45) is 6.09. The maximum absolute atomic E-state index is 12.2. The standard InChI is InChI=1S/C21H28N6O2/c28-21(24-15-17-5-6-19(23-14-17)26-8-1-2-9-26)25-16-18-4-3-7-22-20(18)27-10-12-29-13-11-27/h3-7,14H,1-2,8-13,15-16H2,(H2,24,25,28). The monoisotopic (exact) mass is 396 g/mol. The number of nitrogens with zero attached hydrogens (tertiary/aromatic N) is 4. The highest BCUT2D eigenvalue weighted by molar-refractivity contribution is 5.74. The number of carbonyl (C=O) groups excluding carboxylic acids is 1. The largest absolute Gasteiger partial charge is 0.378 e. The number of hydrogen-bond acceptors (Lipinski definition) is 6. The molecule has 2 aliphatic rings. The zero-order chi connectivity index (χ0) is 19.9. The minimum Gasteiger partial charge on any atom is -0.378 e. The fourth-order valence-electron chi connectivity index (χ4n) is 3.70. The molecule has 2 amide bonds. The predicted octanol–water partition coefficient (Wildman–Crippen LogP) is 1.91. The van der Waals surface area contributed by atoms with E-state index in [0.29, 0.717) is 26.3 Å². The van der Waals surface area contributed by atoms with E-state index in [0.717, 1.165) is 48.9 Å². The number of rotatable bonds is 6. The van der Waals surface area contributed by atoms with Crippen LogP contribution in [0, 0.1) is 0 Å². The second-order valence-electron chi connectivity index (χ2n) is 7.34. The van der Waals surface area contributed by atoms with E-state index < -0.39 is 0 Å². The van der Waals surface area contributed by atoms with Gasteiger partial charge in [-0.15, -0.1) is 0 Å². The molecule has 0 radical (unpaired) electrons. The SMILES string of the molecule is O=C(NCc1ccc(N2CCCC2)nc1)NCc1cccnc1N1CCOCC1. The first-order chi connectivity index (χ1) is 14.3. The van der Waals surface area contributed by atoms with Crippen molar-refractivity contribution in [2.75, 3.05) is 49.2 Å². The average Bonchev–Trinajstić information content (AvgIpc) is 3.32. The third-order valence-corrected chi connectivity index (χ3v) is 5.31. The van der Waals surface area contributed by atoms with Crippen LogP contribution in [0.1, 0.15) is 24.0 Å². The zero-order valence-electron chi connectivity index (χ0n) is 16.6. The van der Waals surface area contributed by atoms with Gasteiger partial charge in [-0.2, -0.15) is 0 Å². The fourth-order valence-corrected chi connectivity index (χ4v) is 3.70. The van der Waals surface area contributed by atoms with Crippen LogP contribution in [0.5, 0.6) is 0 Å². The minimum absolute atomic E-state index is 0.203. The Morgan fingerprint density at radius 3 is 2.52 bits per heavy atom. The molecule has 0 unspecified atom stereocenters. The van der Waals surface area contributed by atoms with Crippen molar-refractivity contribution >= 4 is 17.7 Å². The lowest BCUT2D eigenvalue weighted by Crippen LogP contribution is -2.38. The summed E-state index contributed by atoms with van der Waals surface area (Å²) in [5.41, 5.74) is 1.99. The Balaban J connectivity index is 1.26. The Hall–Kier alpha value is -2.87. The Bertz CT molecular complexity index is 801. The van der Waals surface area contributed by atoms with E-state index in [2.05, 4.69) is 30.4 Å². The lowest BCUT2D eigenvalue weighted by molar-refractivity contribution is 0.122. The molecule has 29 heavy (non-hydrogen) atoms. The normalized spacial score (nSPS) is 16.7. The molecular weight excluding hydrogens is 368 g/mol. The first-order valence-corrected chi connectivity index (χ1v) is 10.3. The number of aromatic nitrogens is 2. The highest BCUT2D eigenvalue weighted by atomic mass is 16.5. The maximum atomic E-state index is 12.2. The number of pyridine rings is 2. The minimum atomic E-state index is -0.203. The summed E-state index contributed by atoms with van der Waals surface area (Å²) in [7, 11) is 0. The van der Waals surface area contributed by atoms with Crippen LogP contribution in [0.2, 0.25) is 0 Å². The van der Waals surface area contributed by atoms with E-state index in [4.69, 9.17) is 4.74 Å². The van der Waals surface area contributed by atoms with Crippen LogP contribution >= 0.6 is 0 Å². The molecule has 4 rings (SSSR count). The van der Waals surface area contributed by atoms with E-state index >= 15 is 0 Å². The summed E-state index contributed by atoms with van der Waals surface area (Å²) in [5, 5.41) is 5.83. The number of morpholine rings is 1. The number of nitrogens with one attached hydrogen (secondary N) is 2. The van der Waals surface area contributed by atoms with Crippen molar-refractivity contribution in [3.8, 4) is 0 Å². The van der Waals surface area contributed by atoms with Gasteiger partial charge < -0.3 is 25.2 Å². The van der Waals surface area contributed by atoms with Crippen LogP contribution in [-0.2, 0) is 17.8 Å². The fraction of sp³-hybridized carbons (Fsp3) is 0.476. The Morgan fingerprint density at radius 1 is 0.966 bits per heavy atom. The van der Waals surface area contributed by atoms with Crippen LogP contribution in [0.25, 0.3) is 0 Å². The smallest absolute Gasteiger partial charge is 0.315 e. The van der Waals surface area contributed by atoms with Crippen LogP contribution < -0.4 is 20.4 Å². The number of anilines is 2. The third-order valence-electron chi connectivity index (χ3n) is 5.31. The van der Waals surface area contributed by atoms with Crippen LogP contribution in [0.4, 0.5) is 16.4 Å². The van der Waals surface area contributed by atoms with Crippen molar-refractivity contribution in [1.29, 1.82) is 0 Å². The number of urea groups is 1. The van der Waals surface area contributed by atoms with Gasteiger partial charge in [-0.3, -0.25) is 0 Å². The third kappa shape index (κ3) is 5.14. The molecule has 0 aliphatic carbocycles. The molecule has 8 heteroatoms. The van der Waals surface area contributed by atoms with E-state index in [9.17, 15) is 4.79 Å². The van der Waals surface area contributed by atoms with Crippen LogP contribution in [0.15, 0.2) is 36.7 Å². The van der Waals surface area contributed by atoms with Crippen molar-refractivity contribution in [2.45, 2.75) is 25.9 Å². The highest BCUT2D eigenvalue weighted by Gasteiger charge is 2.16. The topological polar surface area (TPSA) is 82.6 Å². The molecule has 2 saturated heterocycles. The quantitative estimate of drug-likeness (QED) is 0.776. The second kappa shape index (κ2) is 9.56. The molecule has 0 atom stereocenters. The molecule has 4 heterocycles. The first-order valence-electron chi connectivity index (χ1n) is 10.3. The Kier molecular flexibility index (Phi) is 6.41. The zero-order valence-corrected chi connectivity index (χ0v) is 16.6. The molecule has 2 aromatic heterocycles. The molecule has 8 nitrogen and oxygen atoms in total. The molecule has 2 N–H and O–H groups in total. The number of amides is 2. The van der Waals surface area contributed by atoms with Gasteiger partial charge in [0.2, 0.25) is 0 Å². The van der Waals surface area contributed by atoms with Crippen LogP contribution in [0.3, 0.4) is 0 Å². The predicted molar refractivity (Wildman–Crippen MR) is 112 cm³/mol. The van der Waals surface area contributed by atoms with E-state index in [1.54, 1.807) is 6.20 Å². The molecule has 2 fully saturated rings. The van der Waals surface area contributed by atoms with Gasteiger partial charge >= 0.3 is 6.03 Å². The van der Waals surface area contributed by atoms with Gasteiger partial charge in [0.15, 0.2) is 0 Å².